The van der Waals surface area contributed by atoms with E-state index in [0.717, 1.165) is 54.7 Å². The minimum atomic E-state index is -0.200. The van der Waals surface area contributed by atoms with Crippen molar-refractivity contribution in [2.24, 2.45) is 0 Å². The number of aryl methyl sites for hydroxylation is 2. The van der Waals surface area contributed by atoms with Gasteiger partial charge < -0.3 is 25.2 Å². The minimum absolute atomic E-state index is 0. The summed E-state index contributed by atoms with van der Waals surface area (Å²) < 4.78 is 0. The van der Waals surface area contributed by atoms with Crippen molar-refractivity contribution in [3.05, 3.63) is 151 Å². The first-order valence-electron chi connectivity index (χ1n) is 14.9. The number of hydrogen-bond acceptors (Lipinski definition) is 1. The summed E-state index contributed by atoms with van der Waals surface area (Å²) in [6.07, 6.45) is 5.31. The second-order valence-electron chi connectivity index (χ2n) is 10.8. The topological polar surface area (TPSA) is 27.0 Å². The summed E-state index contributed by atoms with van der Waals surface area (Å²) in [5, 5.41) is 8.00. The number of hydrogen-bond donors (Lipinski definition) is 0. The first kappa shape index (κ1) is 36.2. The number of fused-ring (bicyclic) bond motifs is 1. The SMILES string of the molecule is CCCc1cccc(CCC)c1[N-]C(c1cccc(-c2[c-]ccc3ccccc23)n1)c1ccccc1C(C)CC.[CH3-].[CH3-].[Hf]. The fraction of sp³-hybridized carbons (Fsp3) is 0.275. The number of para-hydroxylation sites is 1. The summed E-state index contributed by atoms with van der Waals surface area (Å²) in [7, 11) is 0. The normalized spacial score (nSPS) is 11.9. The molecule has 0 fully saturated rings. The molecule has 2 atom stereocenters. The third-order valence-corrected chi connectivity index (χ3v) is 7.96. The Bertz CT molecular complexity index is 1540. The van der Waals surface area contributed by atoms with Crippen LogP contribution in [0.4, 0.5) is 5.69 Å². The van der Waals surface area contributed by atoms with Crippen LogP contribution in [0.15, 0.2) is 97.1 Å². The summed E-state index contributed by atoms with van der Waals surface area (Å²) in [4.78, 5) is 5.32. The molecule has 0 spiro atoms. The Hall–Kier alpha value is -3.04. The van der Waals surface area contributed by atoms with Gasteiger partial charge in [0.15, 0.2) is 0 Å². The van der Waals surface area contributed by atoms with E-state index in [4.69, 9.17) is 10.3 Å². The van der Waals surface area contributed by atoms with Crippen molar-refractivity contribution >= 4 is 16.5 Å². The second kappa shape index (κ2) is 17.3. The third-order valence-electron chi connectivity index (χ3n) is 7.96. The van der Waals surface area contributed by atoms with Crippen LogP contribution >= 0.6 is 0 Å². The number of rotatable bonds is 11. The van der Waals surface area contributed by atoms with Crippen molar-refractivity contribution in [1.82, 2.24) is 4.98 Å². The molecule has 0 aliphatic carbocycles. The van der Waals surface area contributed by atoms with Crippen molar-refractivity contribution < 1.29 is 25.8 Å². The molecule has 1 aromatic heterocycles. The van der Waals surface area contributed by atoms with Gasteiger partial charge in [0, 0.05) is 31.5 Å². The zero-order chi connectivity index (χ0) is 27.9. The van der Waals surface area contributed by atoms with Crippen LogP contribution in [0.3, 0.4) is 0 Å². The predicted molar refractivity (Wildman–Crippen MR) is 183 cm³/mol. The van der Waals surface area contributed by atoms with Crippen molar-refractivity contribution in [3.63, 3.8) is 0 Å². The Morgan fingerprint density at radius 2 is 1.35 bits per heavy atom. The molecule has 0 N–H and O–H groups in total. The number of nitrogens with zero attached hydrogens (tertiary/aromatic N) is 2. The average molecular weight is 733 g/mol. The first-order chi connectivity index (χ1) is 19.6. The first-order valence-corrected chi connectivity index (χ1v) is 14.9. The largest absolute Gasteiger partial charge is 0.673 e. The molecule has 2 nitrogen and oxygen atoms in total. The van der Waals surface area contributed by atoms with E-state index >= 15 is 0 Å². The number of benzene rings is 4. The minimum Gasteiger partial charge on any atom is -0.673 e. The van der Waals surface area contributed by atoms with Crippen LogP contribution in [-0.2, 0) is 38.7 Å². The molecule has 0 saturated heterocycles. The Morgan fingerprint density at radius 3 is 2.02 bits per heavy atom. The quantitative estimate of drug-likeness (QED) is 0.0981. The van der Waals surface area contributed by atoms with E-state index in [1.54, 1.807) is 0 Å². The van der Waals surface area contributed by atoms with Crippen molar-refractivity contribution in [1.29, 1.82) is 0 Å². The Labute approximate surface area is 280 Å². The van der Waals surface area contributed by atoms with Gasteiger partial charge in [-0.05, 0) is 48.5 Å². The van der Waals surface area contributed by atoms with Crippen molar-refractivity contribution in [2.45, 2.75) is 71.8 Å². The standard InChI is InChI=1S/C38H40N2.2CH3.Hf/c1-5-15-29-19-12-20-30(16-6-2)37(29)40-38(34-23-11-10-21-31(34)27(4)7-3)36-26-14-25-35(39-36)33-24-13-18-28-17-8-9-22-32(28)33;;;/h8-14,17-23,25-27,38H,5-7,15-16H2,1-4H3;2*1H3;/q-2;2*-1;. The molecule has 0 bridgehead atoms. The Morgan fingerprint density at radius 1 is 0.721 bits per heavy atom. The van der Waals surface area contributed by atoms with Gasteiger partial charge in [0.1, 0.15) is 0 Å². The predicted octanol–water partition coefficient (Wildman–Crippen LogP) is 11.8. The molecule has 3 heteroatoms. The maximum Gasteiger partial charge on any atom is 0.0195 e. The molecule has 0 aliphatic heterocycles. The summed E-state index contributed by atoms with van der Waals surface area (Å²) in [6.45, 7) is 9.08. The molecule has 0 aliphatic rings. The molecule has 5 rings (SSSR count). The van der Waals surface area contributed by atoms with Gasteiger partial charge in [0.2, 0.25) is 0 Å². The van der Waals surface area contributed by atoms with Crippen LogP contribution in [0.2, 0.25) is 0 Å². The maximum atomic E-state index is 5.64. The monoisotopic (exact) mass is 734 g/mol. The molecule has 0 radical (unpaired) electrons. The fourth-order valence-corrected chi connectivity index (χ4v) is 5.72. The van der Waals surface area contributed by atoms with Crippen LogP contribution in [0.1, 0.15) is 86.9 Å². The summed E-state index contributed by atoms with van der Waals surface area (Å²) in [5.74, 6) is 0.435. The van der Waals surface area contributed by atoms with E-state index in [1.807, 2.05) is 6.07 Å². The fourth-order valence-electron chi connectivity index (χ4n) is 5.72. The zero-order valence-electron chi connectivity index (χ0n) is 26.8. The molecule has 2 unspecified atom stereocenters. The van der Waals surface area contributed by atoms with Gasteiger partial charge in [-0.25, -0.2) is 0 Å². The molecule has 1 heterocycles. The number of pyridine rings is 1. The summed E-state index contributed by atoms with van der Waals surface area (Å²) >= 11 is 0. The van der Waals surface area contributed by atoms with Gasteiger partial charge in [-0.15, -0.1) is 34.8 Å². The molecule has 5 aromatic rings. The van der Waals surface area contributed by atoms with Crippen LogP contribution < -0.4 is 0 Å². The Kier molecular flexibility index (Phi) is 14.5. The van der Waals surface area contributed by atoms with Crippen LogP contribution in [0, 0.1) is 20.9 Å². The molecule has 224 valence electrons. The molecule has 43 heavy (non-hydrogen) atoms. The van der Waals surface area contributed by atoms with Gasteiger partial charge >= 0.3 is 0 Å². The molecule has 0 amide bonds. The van der Waals surface area contributed by atoms with E-state index in [0.29, 0.717) is 5.92 Å². The van der Waals surface area contributed by atoms with Crippen molar-refractivity contribution in [3.8, 4) is 11.3 Å². The van der Waals surface area contributed by atoms with Crippen molar-refractivity contribution in [2.75, 3.05) is 0 Å². The molecule has 0 saturated carbocycles. The van der Waals surface area contributed by atoms with E-state index in [9.17, 15) is 0 Å². The average Bonchev–Trinajstić information content (AvgIpc) is 3.00. The third kappa shape index (κ3) is 8.12. The smallest absolute Gasteiger partial charge is 0.0195 e. The molecular weight excluding hydrogens is 687 g/mol. The van der Waals surface area contributed by atoms with E-state index in [1.165, 1.54) is 33.0 Å². The van der Waals surface area contributed by atoms with Crippen LogP contribution in [0.25, 0.3) is 27.3 Å². The van der Waals surface area contributed by atoms with E-state index in [-0.39, 0.29) is 46.7 Å². The molecular formula is C40H46HfN2-4. The van der Waals surface area contributed by atoms with Gasteiger partial charge in [-0.2, -0.15) is 0 Å². The van der Waals surface area contributed by atoms with Gasteiger partial charge in [-0.1, -0.05) is 141 Å². The van der Waals surface area contributed by atoms with Crippen LogP contribution in [0.5, 0.6) is 0 Å². The van der Waals surface area contributed by atoms with Gasteiger partial charge in [0.05, 0.1) is 0 Å². The number of aromatic nitrogens is 1. The Balaban J connectivity index is 0.00000215. The van der Waals surface area contributed by atoms with Gasteiger partial charge in [-0.3, -0.25) is 0 Å². The summed E-state index contributed by atoms with van der Waals surface area (Å²) in [5.41, 5.74) is 9.36. The second-order valence-corrected chi connectivity index (χ2v) is 10.8. The zero-order valence-corrected chi connectivity index (χ0v) is 30.4. The van der Waals surface area contributed by atoms with Crippen LogP contribution in [-0.4, -0.2) is 4.98 Å². The summed E-state index contributed by atoms with van der Waals surface area (Å²) in [6, 6.07) is 37.8. The van der Waals surface area contributed by atoms with Gasteiger partial charge in [0.25, 0.3) is 0 Å². The molecule has 4 aromatic carbocycles. The maximum absolute atomic E-state index is 5.64. The van der Waals surface area contributed by atoms with E-state index < -0.39 is 0 Å². The van der Waals surface area contributed by atoms with E-state index in [2.05, 4.69) is 125 Å².